The first-order valence-corrected chi connectivity index (χ1v) is 9.90. The molecule has 0 bridgehead atoms. The first-order valence-electron chi connectivity index (χ1n) is 9.03. The van der Waals surface area contributed by atoms with Crippen LogP contribution in [0.25, 0.3) is 17.1 Å². The average molecular weight is 400 g/mol. The van der Waals surface area contributed by atoms with Crippen LogP contribution in [0.4, 0.5) is 0 Å². The van der Waals surface area contributed by atoms with Crippen LogP contribution in [0, 0.1) is 18.3 Å². The number of furan rings is 1. The molecule has 6 nitrogen and oxygen atoms in total. The van der Waals surface area contributed by atoms with Crippen molar-refractivity contribution in [1.29, 1.82) is 5.26 Å². The van der Waals surface area contributed by atoms with E-state index in [-0.39, 0.29) is 11.8 Å². The maximum atomic E-state index is 9.88. The predicted octanol–water partition coefficient (Wildman–Crippen LogP) is 4.72. The third kappa shape index (κ3) is 2.65. The lowest BCUT2D eigenvalue weighted by Gasteiger charge is -2.24. The zero-order valence-electron chi connectivity index (χ0n) is 15.5. The molecule has 5 rings (SSSR count). The Hall–Kier alpha value is -3.76. The number of nitrogens with zero attached hydrogens (tertiary/aromatic N) is 3. The second-order valence-corrected chi connectivity index (χ2v) is 7.63. The van der Waals surface area contributed by atoms with Crippen molar-refractivity contribution in [2.45, 2.75) is 12.8 Å². The van der Waals surface area contributed by atoms with Gasteiger partial charge in [0.05, 0.1) is 23.4 Å². The number of ether oxygens (including phenoxy) is 1. The van der Waals surface area contributed by atoms with Crippen molar-refractivity contribution in [3.8, 4) is 29.1 Å². The van der Waals surface area contributed by atoms with Gasteiger partial charge in [0.25, 0.3) is 0 Å². The monoisotopic (exact) mass is 400 g/mol. The van der Waals surface area contributed by atoms with Gasteiger partial charge in [0.15, 0.2) is 5.76 Å². The summed E-state index contributed by atoms with van der Waals surface area (Å²) in [6, 6.07) is 17.6. The van der Waals surface area contributed by atoms with Crippen LogP contribution >= 0.6 is 11.3 Å². The van der Waals surface area contributed by atoms with E-state index in [1.54, 1.807) is 22.3 Å². The van der Waals surface area contributed by atoms with Crippen molar-refractivity contribution in [3.05, 3.63) is 87.6 Å². The van der Waals surface area contributed by atoms with E-state index >= 15 is 0 Å². The Morgan fingerprint density at radius 2 is 2.00 bits per heavy atom. The minimum absolute atomic E-state index is 0.0980. The highest BCUT2D eigenvalue weighted by atomic mass is 32.1. The zero-order chi connectivity index (χ0) is 20.0. The van der Waals surface area contributed by atoms with E-state index in [9.17, 15) is 5.26 Å². The standard InChI is InChI=1S/C22H16N4O2S/c1-13-9-11-29-20(13)17-15(12-23)21(24)28-22-18(17)19(16-8-5-10-27-16)25-26(22)14-6-3-2-4-7-14/h2-11,17H,24H2,1H3. The molecule has 4 aromatic rings. The van der Waals surface area contributed by atoms with Crippen LogP contribution in [0.1, 0.15) is 21.9 Å². The normalized spacial score (nSPS) is 15.7. The van der Waals surface area contributed by atoms with Crippen LogP contribution in [0.2, 0.25) is 0 Å². The lowest BCUT2D eigenvalue weighted by Crippen LogP contribution is -2.21. The summed E-state index contributed by atoms with van der Waals surface area (Å²) in [5, 5.41) is 16.7. The largest absolute Gasteiger partial charge is 0.463 e. The number of rotatable bonds is 3. The lowest BCUT2D eigenvalue weighted by atomic mass is 9.87. The molecule has 29 heavy (non-hydrogen) atoms. The number of aromatic nitrogens is 2. The maximum absolute atomic E-state index is 9.88. The second kappa shape index (κ2) is 6.69. The van der Waals surface area contributed by atoms with E-state index in [2.05, 4.69) is 6.07 Å². The van der Waals surface area contributed by atoms with Gasteiger partial charge < -0.3 is 14.9 Å². The number of para-hydroxylation sites is 1. The highest BCUT2D eigenvalue weighted by molar-refractivity contribution is 7.10. The molecule has 7 heteroatoms. The fourth-order valence-electron chi connectivity index (χ4n) is 3.62. The van der Waals surface area contributed by atoms with Crippen molar-refractivity contribution < 1.29 is 9.15 Å². The Balaban J connectivity index is 1.84. The summed E-state index contributed by atoms with van der Waals surface area (Å²) in [5.74, 6) is 0.829. The summed E-state index contributed by atoms with van der Waals surface area (Å²) in [6.45, 7) is 2.03. The van der Waals surface area contributed by atoms with E-state index in [1.165, 1.54) is 0 Å². The first-order chi connectivity index (χ1) is 14.2. The van der Waals surface area contributed by atoms with Crippen LogP contribution in [0.15, 0.2) is 76.0 Å². The molecule has 2 N–H and O–H groups in total. The number of thiophene rings is 1. The van der Waals surface area contributed by atoms with Gasteiger partial charge in [0.2, 0.25) is 11.8 Å². The molecule has 0 radical (unpaired) electrons. The summed E-state index contributed by atoms with van der Waals surface area (Å²) in [6.07, 6.45) is 1.60. The fourth-order valence-corrected chi connectivity index (χ4v) is 4.66. The van der Waals surface area contributed by atoms with Crippen LogP contribution in [-0.4, -0.2) is 9.78 Å². The fraction of sp³-hybridized carbons (Fsp3) is 0.0909. The van der Waals surface area contributed by atoms with Crippen LogP contribution < -0.4 is 10.5 Å². The Morgan fingerprint density at radius 3 is 2.66 bits per heavy atom. The highest BCUT2D eigenvalue weighted by Crippen LogP contribution is 2.49. The van der Waals surface area contributed by atoms with Gasteiger partial charge in [-0.2, -0.15) is 15.0 Å². The first kappa shape index (κ1) is 17.3. The molecular weight excluding hydrogens is 384 g/mol. The third-order valence-electron chi connectivity index (χ3n) is 4.97. The molecule has 1 aliphatic rings. The maximum Gasteiger partial charge on any atom is 0.229 e. The summed E-state index contributed by atoms with van der Waals surface area (Å²) < 4.78 is 13.3. The number of allylic oxidation sites excluding steroid dienone is 1. The molecule has 142 valence electrons. The molecule has 1 atom stereocenters. The summed E-state index contributed by atoms with van der Waals surface area (Å²) >= 11 is 1.59. The predicted molar refractivity (Wildman–Crippen MR) is 110 cm³/mol. The smallest absolute Gasteiger partial charge is 0.229 e. The summed E-state index contributed by atoms with van der Waals surface area (Å²) in [7, 11) is 0. The average Bonchev–Trinajstić information content (AvgIpc) is 3.47. The minimum Gasteiger partial charge on any atom is -0.463 e. The van der Waals surface area contributed by atoms with Gasteiger partial charge in [-0.15, -0.1) is 11.3 Å². The van der Waals surface area contributed by atoms with Gasteiger partial charge in [-0.05, 0) is 48.2 Å². The molecule has 0 amide bonds. The quantitative estimate of drug-likeness (QED) is 0.537. The number of benzene rings is 1. The van der Waals surface area contributed by atoms with Gasteiger partial charge in [0.1, 0.15) is 17.3 Å². The van der Waals surface area contributed by atoms with Crippen LogP contribution in [0.3, 0.4) is 0 Å². The van der Waals surface area contributed by atoms with Crippen LogP contribution in [-0.2, 0) is 0 Å². The highest BCUT2D eigenvalue weighted by Gasteiger charge is 2.39. The molecule has 0 fully saturated rings. The number of hydrogen-bond acceptors (Lipinski definition) is 6. The Morgan fingerprint density at radius 1 is 1.17 bits per heavy atom. The Kier molecular flexibility index (Phi) is 4.00. The van der Waals surface area contributed by atoms with E-state index in [0.29, 0.717) is 22.9 Å². The molecule has 1 unspecified atom stereocenters. The van der Waals surface area contributed by atoms with E-state index in [1.807, 2.05) is 60.8 Å². The van der Waals surface area contributed by atoms with Crippen molar-refractivity contribution in [1.82, 2.24) is 9.78 Å². The number of hydrogen-bond donors (Lipinski definition) is 1. The van der Waals surface area contributed by atoms with Gasteiger partial charge in [-0.25, -0.2) is 0 Å². The van der Waals surface area contributed by atoms with Crippen molar-refractivity contribution in [2.75, 3.05) is 0 Å². The number of aryl methyl sites for hydroxylation is 1. The van der Waals surface area contributed by atoms with Gasteiger partial charge in [-0.3, -0.25) is 0 Å². The summed E-state index contributed by atoms with van der Waals surface area (Å²) in [4.78, 5) is 1.04. The zero-order valence-corrected chi connectivity index (χ0v) is 16.3. The molecule has 4 heterocycles. The van der Waals surface area contributed by atoms with E-state index in [4.69, 9.17) is 20.0 Å². The molecule has 0 aliphatic carbocycles. The van der Waals surface area contributed by atoms with Gasteiger partial charge in [0, 0.05) is 4.88 Å². The SMILES string of the molecule is Cc1ccsc1C1C(C#N)=C(N)Oc2c1c(-c1ccco1)nn2-c1ccccc1. The number of nitriles is 1. The lowest BCUT2D eigenvalue weighted by molar-refractivity contribution is 0.367. The van der Waals surface area contributed by atoms with E-state index in [0.717, 1.165) is 21.7 Å². The summed E-state index contributed by atoms with van der Waals surface area (Å²) in [5.41, 5.74) is 9.91. The van der Waals surface area contributed by atoms with Gasteiger partial charge in [-0.1, -0.05) is 18.2 Å². The molecule has 0 saturated carbocycles. The molecule has 3 aromatic heterocycles. The van der Waals surface area contributed by atoms with Gasteiger partial charge >= 0.3 is 0 Å². The van der Waals surface area contributed by atoms with Crippen molar-refractivity contribution >= 4 is 11.3 Å². The molecule has 0 saturated heterocycles. The molecule has 1 aromatic carbocycles. The van der Waals surface area contributed by atoms with Crippen LogP contribution in [0.5, 0.6) is 5.88 Å². The number of fused-ring (bicyclic) bond motifs is 1. The van der Waals surface area contributed by atoms with Crippen molar-refractivity contribution in [2.24, 2.45) is 5.73 Å². The molecule has 0 spiro atoms. The van der Waals surface area contributed by atoms with Crippen molar-refractivity contribution in [3.63, 3.8) is 0 Å². The Labute approximate surface area is 171 Å². The third-order valence-corrected chi connectivity index (χ3v) is 6.05. The molecular formula is C22H16N4O2S. The second-order valence-electron chi connectivity index (χ2n) is 6.68. The minimum atomic E-state index is -0.374. The number of nitrogens with two attached hydrogens (primary N) is 1. The molecule has 1 aliphatic heterocycles. The Bertz CT molecular complexity index is 1260. The van der Waals surface area contributed by atoms with E-state index < -0.39 is 0 Å². The topological polar surface area (TPSA) is 90.0 Å².